The summed E-state index contributed by atoms with van der Waals surface area (Å²) in [6.45, 7) is 3.76. The van der Waals surface area contributed by atoms with Gasteiger partial charge in [0.25, 0.3) is 11.5 Å². The van der Waals surface area contributed by atoms with Gasteiger partial charge in [-0.1, -0.05) is 66.2 Å². The number of rotatable bonds is 8. The van der Waals surface area contributed by atoms with Crippen LogP contribution in [0.4, 0.5) is 0 Å². The summed E-state index contributed by atoms with van der Waals surface area (Å²) in [7, 11) is 3.96. The topological polar surface area (TPSA) is 45.6 Å². The summed E-state index contributed by atoms with van der Waals surface area (Å²) in [5.41, 5.74) is 3.16. The highest BCUT2D eigenvalue weighted by atomic mass is 16.2. The fraction of sp³-hybridized carbons (Fsp3) is 0.231. The van der Waals surface area contributed by atoms with Crippen LogP contribution in [0.2, 0.25) is 0 Å². The Morgan fingerprint density at radius 2 is 1.58 bits per heavy atom. The van der Waals surface area contributed by atoms with Crippen LogP contribution in [-0.4, -0.2) is 47.5 Å². The van der Waals surface area contributed by atoms with Crippen LogP contribution in [-0.2, 0) is 11.3 Å². The second-order valence-corrected chi connectivity index (χ2v) is 7.86. The van der Waals surface area contributed by atoms with Gasteiger partial charge in [0.05, 0.1) is 0 Å². The summed E-state index contributed by atoms with van der Waals surface area (Å²) < 4.78 is 1.43. The monoisotopic (exact) mass is 415 g/mol. The van der Waals surface area contributed by atoms with E-state index in [9.17, 15) is 9.59 Å². The Kier molecular flexibility index (Phi) is 7.57. The molecule has 5 heteroatoms. The van der Waals surface area contributed by atoms with Gasteiger partial charge in [-0.05, 0) is 44.3 Å². The first-order valence-electron chi connectivity index (χ1n) is 10.4. The lowest BCUT2D eigenvalue weighted by Gasteiger charge is -2.26. The first-order chi connectivity index (χ1) is 14.9. The van der Waals surface area contributed by atoms with Crippen molar-refractivity contribution in [1.29, 1.82) is 0 Å². The smallest absolute Gasteiger partial charge is 0.271 e. The predicted molar refractivity (Wildman–Crippen MR) is 126 cm³/mol. The highest BCUT2D eigenvalue weighted by Crippen LogP contribution is 2.16. The molecule has 0 spiro atoms. The molecule has 5 nitrogen and oxygen atoms in total. The molecular formula is C26H29N3O2. The number of nitrogens with zero attached hydrogens (tertiary/aromatic N) is 3. The molecule has 0 saturated carbocycles. The van der Waals surface area contributed by atoms with Gasteiger partial charge in [-0.15, -0.1) is 0 Å². The van der Waals surface area contributed by atoms with Gasteiger partial charge >= 0.3 is 0 Å². The third kappa shape index (κ3) is 6.27. The van der Waals surface area contributed by atoms with E-state index in [0.29, 0.717) is 18.8 Å². The normalized spacial score (nSPS) is 11.5. The molecule has 0 unspecified atom stereocenters. The Labute approximate surface area is 183 Å². The molecule has 0 N–H and O–H groups in total. The fourth-order valence-corrected chi connectivity index (χ4v) is 3.22. The summed E-state index contributed by atoms with van der Waals surface area (Å²) in [6, 6.07) is 22.7. The van der Waals surface area contributed by atoms with Crippen molar-refractivity contribution >= 4 is 17.7 Å². The van der Waals surface area contributed by atoms with Gasteiger partial charge in [0, 0.05) is 31.9 Å². The van der Waals surface area contributed by atoms with Crippen molar-refractivity contribution < 1.29 is 4.79 Å². The summed E-state index contributed by atoms with van der Waals surface area (Å²) in [4.78, 5) is 30.2. The SMILES string of the molecule is Cc1ccc(C=C(C(=O)N(CCN(C)C)Cc2ccccc2)n2ccccc2=O)cc1. The number of aryl methyl sites for hydroxylation is 1. The Balaban J connectivity index is 2.03. The quantitative estimate of drug-likeness (QED) is 0.527. The molecule has 1 amide bonds. The van der Waals surface area contributed by atoms with Gasteiger partial charge in [-0.3, -0.25) is 14.2 Å². The first-order valence-corrected chi connectivity index (χ1v) is 10.4. The fourth-order valence-electron chi connectivity index (χ4n) is 3.22. The highest BCUT2D eigenvalue weighted by molar-refractivity contribution is 6.18. The Morgan fingerprint density at radius 3 is 2.23 bits per heavy atom. The molecule has 3 rings (SSSR count). The maximum Gasteiger partial charge on any atom is 0.271 e. The number of hydrogen-bond donors (Lipinski definition) is 0. The molecule has 0 aliphatic rings. The molecule has 0 atom stereocenters. The molecule has 2 aromatic carbocycles. The summed E-state index contributed by atoms with van der Waals surface area (Å²) in [6.07, 6.45) is 3.43. The van der Waals surface area contributed by atoms with E-state index in [0.717, 1.165) is 23.2 Å². The van der Waals surface area contributed by atoms with Gasteiger partial charge in [0.15, 0.2) is 0 Å². The van der Waals surface area contributed by atoms with Crippen molar-refractivity contribution in [1.82, 2.24) is 14.4 Å². The van der Waals surface area contributed by atoms with E-state index in [2.05, 4.69) is 0 Å². The van der Waals surface area contributed by atoms with Crippen LogP contribution >= 0.6 is 0 Å². The molecule has 1 aromatic heterocycles. The Hall–Kier alpha value is -3.44. The molecule has 0 bridgehead atoms. The van der Waals surface area contributed by atoms with E-state index in [1.165, 1.54) is 10.6 Å². The van der Waals surface area contributed by atoms with Gasteiger partial charge in [-0.25, -0.2) is 0 Å². The van der Waals surface area contributed by atoms with E-state index in [-0.39, 0.29) is 11.5 Å². The number of carbonyl (C=O) groups is 1. The predicted octanol–water partition coefficient (Wildman–Crippen LogP) is 3.75. The number of benzene rings is 2. The highest BCUT2D eigenvalue weighted by Gasteiger charge is 2.21. The summed E-state index contributed by atoms with van der Waals surface area (Å²) in [5, 5.41) is 0. The van der Waals surface area contributed by atoms with Gasteiger partial charge < -0.3 is 9.80 Å². The van der Waals surface area contributed by atoms with Crippen molar-refractivity contribution in [2.24, 2.45) is 0 Å². The van der Waals surface area contributed by atoms with Crippen LogP contribution < -0.4 is 5.56 Å². The standard InChI is InChI=1S/C26H29N3O2/c1-21-12-14-22(15-13-21)19-24(29-16-8-7-11-25(29)30)26(31)28(18-17-27(2)3)20-23-9-5-4-6-10-23/h4-16,19H,17-18,20H2,1-3H3. The zero-order valence-electron chi connectivity index (χ0n) is 18.4. The minimum Gasteiger partial charge on any atom is -0.332 e. The molecule has 0 fully saturated rings. The van der Waals surface area contributed by atoms with Crippen LogP contribution in [0.3, 0.4) is 0 Å². The summed E-state index contributed by atoms with van der Waals surface area (Å²) >= 11 is 0. The molecule has 1 heterocycles. The van der Waals surface area contributed by atoms with Crippen LogP contribution in [0.15, 0.2) is 83.8 Å². The van der Waals surface area contributed by atoms with Crippen molar-refractivity contribution in [3.05, 3.63) is 106 Å². The maximum absolute atomic E-state index is 13.8. The minimum atomic E-state index is -0.235. The van der Waals surface area contributed by atoms with Crippen LogP contribution in [0.1, 0.15) is 16.7 Å². The lowest BCUT2D eigenvalue weighted by molar-refractivity contribution is -0.126. The summed E-state index contributed by atoms with van der Waals surface area (Å²) in [5.74, 6) is -0.181. The van der Waals surface area contributed by atoms with Crippen LogP contribution in [0.5, 0.6) is 0 Å². The second kappa shape index (κ2) is 10.5. The number of hydrogen-bond acceptors (Lipinski definition) is 3. The number of carbonyl (C=O) groups excluding carboxylic acids is 1. The number of aromatic nitrogens is 1. The maximum atomic E-state index is 13.8. The molecule has 0 aliphatic carbocycles. The van der Waals surface area contributed by atoms with E-state index in [4.69, 9.17) is 0 Å². The molecule has 160 valence electrons. The van der Waals surface area contributed by atoms with Crippen LogP contribution in [0, 0.1) is 6.92 Å². The zero-order chi connectivity index (χ0) is 22.2. The number of amides is 1. The molecule has 0 saturated heterocycles. The lowest BCUT2D eigenvalue weighted by atomic mass is 10.1. The second-order valence-electron chi connectivity index (χ2n) is 7.86. The van der Waals surface area contributed by atoms with Gasteiger partial charge in [0.2, 0.25) is 0 Å². The average Bonchev–Trinajstić information content (AvgIpc) is 2.77. The third-order valence-electron chi connectivity index (χ3n) is 5.00. The van der Waals surface area contributed by atoms with E-state index >= 15 is 0 Å². The third-order valence-corrected chi connectivity index (χ3v) is 5.00. The lowest BCUT2D eigenvalue weighted by Crippen LogP contribution is -2.39. The van der Waals surface area contributed by atoms with Gasteiger partial charge in [-0.2, -0.15) is 0 Å². The zero-order valence-corrected chi connectivity index (χ0v) is 18.4. The molecule has 0 aliphatic heterocycles. The number of pyridine rings is 1. The van der Waals surface area contributed by atoms with E-state index in [1.807, 2.05) is 80.5 Å². The van der Waals surface area contributed by atoms with E-state index < -0.39 is 0 Å². The largest absolute Gasteiger partial charge is 0.332 e. The van der Waals surface area contributed by atoms with Crippen molar-refractivity contribution in [2.45, 2.75) is 13.5 Å². The molecule has 31 heavy (non-hydrogen) atoms. The minimum absolute atomic E-state index is 0.181. The van der Waals surface area contributed by atoms with Gasteiger partial charge in [0.1, 0.15) is 5.70 Å². The Bertz CT molecular complexity index is 1080. The van der Waals surface area contributed by atoms with Crippen molar-refractivity contribution in [3.8, 4) is 0 Å². The van der Waals surface area contributed by atoms with Crippen molar-refractivity contribution in [3.63, 3.8) is 0 Å². The molecule has 3 aromatic rings. The van der Waals surface area contributed by atoms with Crippen LogP contribution in [0.25, 0.3) is 11.8 Å². The first kappa shape index (κ1) is 22.2. The van der Waals surface area contributed by atoms with Crippen molar-refractivity contribution in [2.75, 3.05) is 27.2 Å². The average molecular weight is 416 g/mol. The Morgan fingerprint density at radius 1 is 0.903 bits per heavy atom. The molecule has 0 radical (unpaired) electrons. The molecular weight excluding hydrogens is 386 g/mol. The van der Waals surface area contributed by atoms with E-state index in [1.54, 1.807) is 29.3 Å². The number of likely N-dealkylation sites (N-methyl/N-ethyl adjacent to an activating group) is 1.